The van der Waals surface area contributed by atoms with Crippen molar-refractivity contribution in [2.45, 2.75) is 63.9 Å². The van der Waals surface area contributed by atoms with Crippen LogP contribution in [0.2, 0.25) is 0 Å². The lowest BCUT2D eigenvalue weighted by atomic mass is 10.1. The molecule has 1 aromatic heterocycles. The fourth-order valence-corrected chi connectivity index (χ4v) is 3.43. The Bertz CT molecular complexity index is 603. The fraction of sp³-hybridized carbons (Fsp3) is 0.684. The van der Waals surface area contributed by atoms with Crippen molar-refractivity contribution in [2.75, 3.05) is 20.7 Å². The average molecular weight is 347 g/mol. The maximum absolute atomic E-state index is 13.1. The predicted molar refractivity (Wildman–Crippen MR) is 95.4 cm³/mol. The van der Waals surface area contributed by atoms with Gasteiger partial charge in [0.25, 0.3) is 0 Å². The molecule has 6 nitrogen and oxygen atoms in total. The van der Waals surface area contributed by atoms with Gasteiger partial charge < -0.3 is 14.4 Å². The van der Waals surface area contributed by atoms with Crippen molar-refractivity contribution in [2.24, 2.45) is 0 Å². The minimum atomic E-state index is -0.0845. The number of methoxy groups -OCH3 is 1. The lowest BCUT2D eigenvalue weighted by molar-refractivity contribution is -0.136. The Kier molecular flexibility index (Phi) is 5.59. The van der Waals surface area contributed by atoms with E-state index in [-0.39, 0.29) is 24.2 Å². The Hall–Kier alpha value is -1.66. The van der Waals surface area contributed by atoms with Crippen LogP contribution >= 0.6 is 0 Å². The first-order valence-corrected chi connectivity index (χ1v) is 9.13. The van der Waals surface area contributed by atoms with Gasteiger partial charge >= 0.3 is 0 Å². The van der Waals surface area contributed by atoms with E-state index in [1.54, 1.807) is 13.3 Å². The van der Waals surface area contributed by atoms with Gasteiger partial charge in [-0.25, -0.2) is 4.98 Å². The van der Waals surface area contributed by atoms with Gasteiger partial charge in [-0.15, -0.1) is 0 Å². The number of pyridine rings is 1. The van der Waals surface area contributed by atoms with Crippen LogP contribution in [0.1, 0.15) is 38.7 Å². The van der Waals surface area contributed by atoms with Crippen molar-refractivity contribution in [1.29, 1.82) is 0 Å². The maximum atomic E-state index is 13.1. The summed E-state index contributed by atoms with van der Waals surface area (Å²) in [5.41, 5.74) is 1.06. The second-order valence-corrected chi connectivity index (χ2v) is 7.42. The molecule has 25 heavy (non-hydrogen) atoms. The van der Waals surface area contributed by atoms with E-state index >= 15 is 0 Å². The van der Waals surface area contributed by atoms with Crippen molar-refractivity contribution in [1.82, 2.24) is 14.8 Å². The number of amides is 1. The number of carbonyl (C=O) groups excluding carboxylic acids is 1. The topological polar surface area (TPSA) is 54.9 Å². The molecule has 0 aromatic carbocycles. The molecule has 1 saturated heterocycles. The molecule has 1 aromatic rings. The molecule has 0 spiro atoms. The second-order valence-electron chi connectivity index (χ2n) is 7.42. The van der Waals surface area contributed by atoms with E-state index in [1.165, 1.54) is 0 Å². The molecule has 0 N–H and O–H groups in total. The number of hydrogen-bond acceptors (Lipinski definition) is 5. The third-order valence-corrected chi connectivity index (χ3v) is 4.91. The van der Waals surface area contributed by atoms with E-state index in [9.17, 15) is 4.79 Å². The Morgan fingerprint density at radius 2 is 2.20 bits per heavy atom. The molecule has 6 heteroatoms. The molecular weight excluding hydrogens is 318 g/mol. The Balaban J connectivity index is 1.71. The van der Waals surface area contributed by atoms with Gasteiger partial charge in [0.05, 0.1) is 18.2 Å². The zero-order valence-corrected chi connectivity index (χ0v) is 15.6. The third kappa shape index (κ3) is 4.50. The van der Waals surface area contributed by atoms with Gasteiger partial charge in [0.2, 0.25) is 11.8 Å². The molecule has 0 unspecified atom stereocenters. The third-order valence-electron chi connectivity index (χ3n) is 4.91. The predicted octanol–water partition coefficient (Wildman–Crippen LogP) is 2.08. The first kappa shape index (κ1) is 18.1. The number of ether oxygens (including phenoxy) is 2. The Morgan fingerprint density at radius 3 is 2.80 bits per heavy atom. The standard InChI is InChI=1S/C19H29N3O3/c1-13(2)25-18-9-14(7-8-20-18)11-22(15-5-6-15)19(23)17-10-16(24-4)12-21(17)3/h7-9,13,15-17H,5-6,10-12H2,1-4H3/t16-,17-/m0/s1. The molecule has 1 saturated carbocycles. The van der Waals surface area contributed by atoms with Gasteiger partial charge in [-0.1, -0.05) is 0 Å². The number of likely N-dealkylation sites (tertiary alicyclic amines) is 1. The maximum Gasteiger partial charge on any atom is 0.240 e. The highest BCUT2D eigenvalue weighted by Gasteiger charge is 2.41. The highest BCUT2D eigenvalue weighted by molar-refractivity contribution is 5.83. The SMILES string of the molecule is CO[C@H]1C[C@@H](C(=O)N(Cc2ccnc(OC(C)C)c2)C2CC2)N(C)C1. The quantitative estimate of drug-likeness (QED) is 0.756. The Labute approximate surface area is 150 Å². The summed E-state index contributed by atoms with van der Waals surface area (Å²) in [6, 6.07) is 4.19. The van der Waals surface area contributed by atoms with Crippen LogP contribution < -0.4 is 4.74 Å². The van der Waals surface area contributed by atoms with E-state index in [4.69, 9.17) is 9.47 Å². The van der Waals surface area contributed by atoms with Crippen LogP contribution in [0.5, 0.6) is 5.88 Å². The number of carbonyl (C=O) groups is 1. The number of hydrogen-bond donors (Lipinski definition) is 0. The molecule has 3 rings (SSSR count). The van der Waals surface area contributed by atoms with E-state index in [1.807, 2.05) is 37.9 Å². The molecule has 1 amide bonds. The lowest BCUT2D eigenvalue weighted by Gasteiger charge is -2.28. The smallest absolute Gasteiger partial charge is 0.240 e. The second kappa shape index (κ2) is 7.70. The first-order chi connectivity index (χ1) is 12.0. The summed E-state index contributed by atoms with van der Waals surface area (Å²) in [4.78, 5) is 21.6. The lowest BCUT2D eigenvalue weighted by Crippen LogP contribution is -2.45. The van der Waals surface area contributed by atoms with Crippen LogP contribution in [0.25, 0.3) is 0 Å². The zero-order chi connectivity index (χ0) is 18.0. The van der Waals surface area contributed by atoms with E-state index < -0.39 is 0 Å². The molecule has 138 valence electrons. The summed E-state index contributed by atoms with van der Waals surface area (Å²) in [5.74, 6) is 0.834. The van der Waals surface area contributed by atoms with Crippen LogP contribution in [-0.2, 0) is 16.1 Å². The van der Waals surface area contributed by atoms with Gasteiger partial charge in [-0.2, -0.15) is 0 Å². The number of rotatable bonds is 7. The van der Waals surface area contributed by atoms with Crippen molar-refractivity contribution >= 4 is 5.91 Å². The molecule has 2 heterocycles. The molecule has 1 aliphatic heterocycles. The van der Waals surface area contributed by atoms with Crippen LogP contribution in [0, 0.1) is 0 Å². The summed E-state index contributed by atoms with van der Waals surface area (Å²) < 4.78 is 11.1. The normalized spacial score (nSPS) is 23.9. The molecule has 0 bridgehead atoms. The van der Waals surface area contributed by atoms with Crippen LogP contribution in [0.3, 0.4) is 0 Å². The van der Waals surface area contributed by atoms with Gasteiger partial charge in [0, 0.05) is 38.5 Å². The van der Waals surface area contributed by atoms with Gasteiger partial charge in [-0.3, -0.25) is 9.69 Å². The summed E-state index contributed by atoms with van der Waals surface area (Å²) in [6.07, 6.45) is 4.94. The number of likely N-dealkylation sites (N-methyl/N-ethyl adjacent to an activating group) is 1. The molecule has 0 radical (unpaired) electrons. The van der Waals surface area contributed by atoms with Crippen LogP contribution in [0.15, 0.2) is 18.3 Å². The van der Waals surface area contributed by atoms with Crippen molar-refractivity contribution in [3.63, 3.8) is 0 Å². The first-order valence-electron chi connectivity index (χ1n) is 9.13. The summed E-state index contributed by atoms with van der Waals surface area (Å²) >= 11 is 0. The minimum absolute atomic E-state index is 0.0845. The summed E-state index contributed by atoms with van der Waals surface area (Å²) in [7, 11) is 3.73. The summed E-state index contributed by atoms with van der Waals surface area (Å²) in [5, 5.41) is 0. The molecular formula is C19H29N3O3. The summed E-state index contributed by atoms with van der Waals surface area (Å²) in [6.45, 7) is 5.39. The number of aromatic nitrogens is 1. The fourth-order valence-electron chi connectivity index (χ4n) is 3.43. The van der Waals surface area contributed by atoms with E-state index in [0.29, 0.717) is 18.5 Å². The van der Waals surface area contributed by atoms with Crippen molar-refractivity contribution < 1.29 is 14.3 Å². The van der Waals surface area contributed by atoms with Gasteiger partial charge in [-0.05, 0) is 51.8 Å². The highest BCUT2D eigenvalue weighted by Crippen LogP contribution is 2.31. The van der Waals surface area contributed by atoms with Gasteiger partial charge in [0.1, 0.15) is 0 Å². The minimum Gasteiger partial charge on any atom is -0.475 e. The molecule has 2 aliphatic rings. The zero-order valence-electron chi connectivity index (χ0n) is 15.6. The largest absolute Gasteiger partial charge is 0.475 e. The van der Waals surface area contributed by atoms with Crippen molar-refractivity contribution in [3.8, 4) is 5.88 Å². The Morgan fingerprint density at radius 1 is 1.44 bits per heavy atom. The van der Waals surface area contributed by atoms with Crippen molar-refractivity contribution in [3.05, 3.63) is 23.9 Å². The van der Waals surface area contributed by atoms with E-state index in [0.717, 1.165) is 31.4 Å². The monoisotopic (exact) mass is 347 g/mol. The van der Waals surface area contributed by atoms with Crippen LogP contribution in [0.4, 0.5) is 0 Å². The van der Waals surface area contributed by atoms with E-state index in [2.05, 4.69) is 9.88 Å². The number of nitrogens with zero attached hydrogens (tertiary/aromatic N) is 3. The highest BCUT2D eigenvalue weighted by atomic mass is 16.5. The average Bonchev–Trinajstić information content (AvgIpc) is 3.34. The molecule has 2 fully saturated rings. The van der Waals surface area contributed by atoms with Gasteiger partial charge in [0.15, 0.2) is 0 Å². The molecule has 2 atom stereocenters. The molecule has 1 aliphatic carbocycles. The van der Waals surface area contributed by atoms with Crippen LogP contribution in [-0.4, -0.2) is 65.7 Å².